The molecule has 5 heteroatoms. The smallest absolute Gasteiger partial charge is 0.261 e. The first-order chi connectivity index (χ1) is 5.77. The third-order valence-corrected chi connectivity index (χ3v) is 2.21. The van der Waals surface area contributed by atoms with Gasteiger partial charge in [0, 0.05) is 18.7 Å². The number of rotatable bonds is 0. The van der Waals surface area contributed by atoms with Crippen molar-refractivity contribution >= 4 is 21.8 Å². The Labute approximate surface area is 78.1 Å². The van der Waals surface area contributed by atoms with E-state index in [0.717, 1.165) is 23.3 Å². The van der Waals surface area contributed by atoms with Crippen LogP contribution in [0.25, 0.3) is 0 Å². The average Bonchev–Trinajstić information content (AvgIpc) is 2.33. The number of hydrogen-bond donors (Lipinski definition) is 1. The van der Waals surface area contributed by atoms with Crippen LogP contribution in [0, 0.1) is 0 Å². The minimum Gasteiger partial charge on any atom is -0.308 e. The first-order valence-corrected chi connectivity index (χ1v) is 4.55. The van der Waals surface area contributed by atoms with Gasteiger partial charge in [0.1, 0.15) is 4.60 Å². The highest BCUT2D eigenvalue weighted by molar-refractivity contribution is 9.10. The molecule has 0 bridgehead atoms. The van der Waals surface area contributed by atoms with Crippen LogP contribution < -0.4 is 5.32 Å². The Bertz CT molecular complexity index is 320. The van der Waals surface area contributed by atoms with E-state index in [2.05, 4.69) is 26.3 Å². The van der Waals surface area contributed by atoms with E-state index in [-0.39, 0.29) is 5.91 Å². The van der Waals surface area contributed by atoms with Crippen LogP contribution in [0.5, 0.6) is 0 Å². The Hall–Kier alpha value is -0.680. The summed E-state index contributed by atoms with van der Waals surface area (Å²) in [6, 6.07) is 1.88. The summed E-state index contributed by atoms with van der Waals surface area (Å²) >= 11 is 3.24. The maximum atomic E-state index is 11.3. The van der Waals surface area contributed by atoms with E-state index in [1.54, 1.807) is 0 Å². The van der Waals surface area contributed by atoms with Crippen LogP contribution >= 0.6 is 15.9 Å². The van der Waals surface area contributed by atoms with Crippen LogP contribution in [0.15, 0.2) is 10.7 Å². The lowest BCUT2D eigenvalue weighted by Crippen LogP contribution is -2.25. The molecule has 4 nitrogen and oxygen atoms in total. The molecule has 0 radical (unpaired) electrons. The molecule has 0 fully saturated rings. The zero-order valence-electron chi connectivity index (χ0n) is 6.38. The topological polar surface area (TPSA) is 46.9 Å². The van der Waals surface area contributed by atoms with Gasteiger partial charge in [-0.1, -0.05) is 0 Å². The Morgan fingerprint density at radius 3 is 3.33 bits per heavy atom. The molecule has 0 spiro atoms. The summed E-state index contributed by atoms with van der Waals surface area (Å²) < 4.78 is 2.19. The molecule has 2 rings (SSSR count). The van der Waals surface area contributed by atoms with Crippen LogP contribution in [-0.2, 0) is 6.42 Å². The van der Waals surface area contributed by atoms with E-state index in [0.29, 0.717) is 6.54 Å². The van der Waals surface area contributed by atoms with Gasteiger partial charge in [-0.15, -0.1) is 0 Å². The number of nitrogens with one attached hydrogen (secondary N) is 1. The summed E-state index contributed by atoms with van der Waals surface area (Å²) in [5.74, 6) is 0.00759. The van der Waals surface area contributed by atoms with Gasteiger partial charge >= 0.3 is 0 Å². The third-order valence-electron chi connectivity index (χ3n) is 1.82. The summed E-state index contributed by atoms with van der Waals surface area (Å²) in [7, 11) is 0. The molecular weight excluding hydrogens is 222 g/mol. The molecule has 0 saturated carbocycles. The molecule has 1 aliphatic rings. The van der Waals surface area contributed by atoms with Gasteiger partial charge in [-0.25, -0.2) is 4.68 Å². The minimum atomic E-state index is 0.00759. The Morgan fingerprint density at radius 2 is 2.50 bits per heavy atom. The molecule has 1 aromatic rings. The normalized spacial score (nSPS) is 17.2. The molecule has 1 aliphatic heterocycles. The number of carbonyl (C=O) groups is 1. The molecule has 1 aromatic heterocycles. The summed E-state index contributed by atoms with van der Waals surface area (Å²) in [6.45, 7) is 1.21. The quantitative estimate of drug-likeness (QED) is 0.703. The largest absolute Gasteiger partial charge is 0.308 e. The zero-order valence-corrected chi connectivity index (χ0v) is 7.97. The molecule has 2 heterocycles. The minimum absolute atomic E-state index is 0.00759. The second kappa shape index (κ2) is 2.99. The predicted molar refractivity (Wildman–Crippen MR) is 47.1 cm³/mol. The van der Waals surface area contributed by atoms with Gasteiger partial charge < -0.3 is 5.32 Å². The van der Waals surface area contributed by atoms with Crippen molar-refractivity contribution in [3.63, 3.8) is 0 Å². The summed E-state index contributed by atoms with van der Waals surface area (Å²) in [5.41, 5.74) is 0.969. The number of fused-ring (bicyclic) bond motifs is 1. The average molecular weight is 230 g/mol. The number of aromatic nitrogens is 2. The van der Waals surface area contributed by atoms with Crippen LogP contribution in [0.3, 0.4) is 0 Å². The Balaban J connectivity index is 2.44. The molecule has 1 N–H and O–H groups in total. The highest BCUT2D eigenvalue weighted by Crippen LogP contribution is 2.11. The molecule has 0 atom stereocenters. The second-order valence-electron chi connectivity index (χ2n) is 2.69. The van der Waals surface area contributed by atoms with Crippen LogP contribution in [0.2, 0.25) is 0 Å². The SMILES string of the molecule is O=C1CNCCc2cc(Br)nn21. The summed E-state index contributed by atoms with van der Waals surface area (Å²) in [5, 5.41) is 7.06. The standard InChI is InChI=1S/C7H8BrN3O/c8-6-3-5-1-2-9-4-7(12)11(5)10-6/h3,9H,1-2,4H2. The van der Waals surface area contributed by atoms with E-state index in [1.165, 1.54) is 4.68 Å². The van der Waals surface area contributed by atoms with E-state index in [1.807, 2.05) is 6.07 Å². The number of nitrogens with zero attached hydrogens (tertiary/aromatic N) is 2. The van der Waals surface area contributed by atoms with E-state index in [4.69, 9.17) is 0 Å². The highest BCUT2D eigenvalue weighted by atomic mass is 79.9. The number of carbonyl (C=O) groups excluding carboxylic acids is 1. The molecule has 0 aliphatic carbocycles. The molecule has 0 saturated heterocycles. The third kappa shape index (κ3) is 1.30. The maximum absolute atomic E-state index is 11.3. The second-order valence-corrected chi connectivity index (χ2v) is 3.50. The fraction of sp³-hybridized carbons (Fsp3) is 0.429. The fourth-order valence-corrected chi connectivity index (χ4v) is 1.69. The molecule has 64 valence electrons. The van der Waals surface area contributed by atoms with Gasteiger partial charge in [0.2, 0.25) is 0 Å². The highest BCUT2D eigenvalue weighted by Gasteiger charge is 2.15. The zero-order chi connectivity index (χ0) is 8.55. The van der Waals surface area contributed by atoms with E-state index in [9.17, 15) is 4.79 Å². The van der Waals surface area contributed by atoms with Crippen molar-refractivity contribution in [1.29, 1.82) is 0 Å². The molecular formula is C7H8BrN3O. The first-order valence-electron chi connectivity index (χ1n) is 3.76. The first kappa shape index (κ1) is 7.94. The summed E-state index contributed by atoms with van der Waals surface area (Å²) in [4.78, 5) is 11.3. The van der Waals surface area contributed by atoms with Gasteiger partial charge in [-0.05, 0) is 22.0 Å². The lowest BCUT2D eigenvalue weighted by Gasteiger charge is -1.97. The Kier molecular flexibility index (Phi) is 1.98. The lowest BCUT2D eigenvalue weighted by atomic mass is 10.3. The monoisotopic (exact) mass is 229 g/mol. The van der Waals surface area contributed by atoms with Gasteiger partial charge in [0.05, 0.1) is 6.54 Å². The van der Waals surface area contributed by atoms with Crippen LogP contribution in [-0.4, -0.2) is 28.8 Å². The van der Waals surface area contributed by atoms with Crippen molar-refractivity contribution in [2.24, 2.45) is 0 Å². The van der Waals surface area contributed by atoms with Crippen molar-refractivity contribution in [1.82, 2.24) is 15.1 Å². The van der Waals surface area contributed by atoms with Gasteiger partial charge in [0.25, 0.3) is 5.91 Å². The van der Waals surface area contributed by atoms with Crippen LogP contribution in [0.4, 0.5) is 0 Å². The number of halogens is 1. The summed E-state index contributed by atoms with van der Waals surface area (Å²) in [6.07, 6.45) is 0.852. The molecule has 0 amide bonds. The van der Waals surface area contributed by atoms with E-state index < -0.39 is 0 Å². The predicted octanol–water partition coefficient (Wildman–Crippen LogP) is 0.431. The van der Waals surface area contributed by atoms with Crippen molar-refractivity contribution in [2.75, 3.05) is 13.1 Å². The molecule has 12 heavy (non-hydrogen) atoms. The lowest BCUT2D eigenvalue weighted by molar-refractivity contribution is 0.0900. The van der Waals surface area contributed by atoms with Crippen molar-refractivity contribution in [3.8, 4) is 0 Å². The Morgan fingerprint density at radius 1 is 1.67 bits per heavy atom. The maximum Gasteiger partial charge on any atom is 0.261 e. The molecule has 0 aromatic carbocycles. The van der Waals surface area contributed by atoms with Crippen LogP contribution in [0.1, 0.15) is 10.5 Å². The van der Waals surface area contributed by atoms with Gasteiger partial charge in [-0.3, -0.25) is 4.79 Å². The number of hydrogen-bond acceptors (Lipinski definition) is 3. The van der Waals surface area contributed by atoms with Crippen molar-refractivity contribution in [3.05, 3.63) is 16.4 Å². The molecule has 0 unspecified atom stereocenters. The van der Waals surface area contributed by atoms with Crippen molar-refractivity contribution < 1.29 is 4.79 Å². The van der Waals surface area contributed by atoms with Gasteiger partial charge in [-0.2, -0.15) is 5.10 Å². The van der Waals surface area contributed by atoms with Crippen molar-refractivity contribution in [2.45, 2.75) is 6.42 Å². The van der Waals surface area contributed by atoms with E-state index >= 15 is 0 Å². The fourth-order valence-electron chi connectivity index (χ4n) is 1.27. The van der Waals surface area contributed by atoms with Gasteiger partial charge in [0.15, 0.2) is 0 Å².